The van der Waals surface area contributed by atoms with Gasteiger partial charge >= 0.3 is 11.8 Å². The van der Waals surface area contributed by atoms with Crippen LogP contribution in [0.3, 0.4) is 0 Å². The Balaban J connectivity index is 1.46. The molecule has 1 heterocycles. The van der Waals surface area contributed by atoms with Gasteiger partial charge in [0.05, 0.1) is 10.5 Å². The van der Waals surface area contributed by atoms with Crippen LogP contribution in [0, 0.1) is 28.8 Å². The first-order chi connectivity index (χ1) is 15.3. The van der Waals surface area contributed by atoms with E-state index in [4.69, 9.17) is 0 Å². The number of rotatable bonds is 5. The number of amides is 3. The van der Waals surface area contributed by atoms with Gasteiger partial charge in [-0.25, -0.2) is 4.39 Å². The summed E-state index contributed by atoms with van der Waals surface area (Å²) in [5.74, 6) is -2.51. The zero-order valence-electron chi connectivity index (χ0n) is 17.5. The fourth-order valence-electron chi connectivity index (χ4n) is 3.54. The van der Waals surface area contributed by atoms with Crippen LogP contribution >= 0.6 is 0 Å². The van der Waals surface area contributed by atoms with Crippen LogP contribution < -0.4 is 10.6 Å². The lowest BCUT2D eigenvalue weighted by atomic mass is 9.96. The summed E-state index contributed by atoms with van der Waals surface area (Å²) in [7, 11) is 0. The number of nitrogens with one attached hydrogen (secondary N) is 2. The molecule has 0 atom stereocenters. The van der Waals surface area contributed by atoms with Crippen molar-refractivity contribution in [3.8, 4) is 0 Å². The fourth-order valence-corrected chi connectivity index (χ4v) is 3.54. The van der Waals surface area contributed by atoms with Crippen molar-refractivity contribution in [1.29, 1.82) is 0 Å². The van der Waals surface area contributed by atoms with Crippen molar-refractivity contribution in [2.24, 2.45) is 5.92 Å². The quantitative estimate of drug-likeness (QED) is 0.419. The number of carbonyl (C=O) groups excluding carboxylic acids is 3. The molecule has 1 aliphatic rings. The number of benzene rings is 2. The molecule has 3 rings (SSSR count). The molecule has 0 aromatic heterocycles. The molecule has 0 spiro atoms. The molecule has 0 bridgehead atoms. The fraction of sp³-hybridized carbons (Fsp3) is 0.318. The first kappa shape index (κ1) is 22.9. The molecular formula is C22H23FN4O5. The van der Waals surface area contributed by atoms with Gasteiger partial charge in [0, 0.05) is 37.5 Å². The van der Waals surface area contributed by atoms with Gasteiger partial charge in [0.1, 0.15) is 5.82 Å². The molecule has 0 radical (unpaired) electrons. The molecule has 10 heteroatoms. The second-order valence-electron chi connectivity index (χ2n) is 7.64. The Kier molecular flexibility index (Phi) is 7.14. The van der Waals surface area contributed by atoms with Gasteiger partial charge in [0.2, 0.25) is 0 Å². The Hall–Kier alpha value is -3.82. The Labute approximate surface area is 183 Å². The standard InChI is InChI=1S/C22H23FN4O5/c1-14-12-16(27(31)32)6-7-19(14)25-21(29)20(28)24-13-15-8-10-26(11-9-15)22(30)17-4-2-3-5-18(17)23/h2-7,12,15H,8-11,13H2,1H3,(H,24,28)(H,25,29). The molecule has 2 aromatic rings. The van der Waals surface area contributed by atoms with Gasteiger partial charge in [-0.2, -0.15) is 0 Å². The van der Waals surface area contributed by atoms with Gasteiger partial charge in [-0.15, -0.1) is 0 Å². The number of halogens is 1. The zero-order valence-corrected chi connectivity index (χ0v) is 17.5. The number of nitro groups is 1. The number of piperidine rings is 1. The Morgan fingerprint density at radius 3 is 2.44 bits per heavy atom. The van der Waals surface area contributed by atoms with Crippen LogP contribution in [0.25, 0.3) is 0 Å². The highest BCUT2D eigenvalue weighted by Crippen LogP contribution is 2.22. The number of nitrogens with zero attached hydrogens (tertiary/aromatic N) is 2. The first-order valence-corrected chi connectivity index (χ1v) is 10.1. The number of hydrogen-bond acceptors (Lipinski definition) is 5. The van der Waals surface area contributed by atoms with E-state index >= 15 is 0 Å². The summed E-state index contributed by atoms with van der Waals surface area (Å²) in [6.07, 6.45) is 1.23. The molecule has 168 valence electrons. The topological polar surface area (TPSA) is 122 Å². The Morgan fingerprint density at radius 1 is 1.12 bits per heavy atom. The summed E-state index contributed by atoms with van der Waals surface area (Å²) in [5, 5.41) is 15.8. The van der Waals surface area contributed by atoms with Crippen molar-refractivity contribution < 1.29 is 23.7 Å². The average Bonchev–Trinajstić information content (AvgIpc) is 2.78. The third kappa shape index (κ3) is 5.45. The van der Waals surface area contributed by atoms with Crippen LogP contribution in [0.5, 0.6) is 0 Å². The van der Waals surface area contributed by atoms with Gasteiger partial charge in [-0.3, -0.25) is 24.5 Å². The maximum Gasteiger partial charge on any atom is 0.313 e. The van der Waals surface area contributed by atoms with E-state index in [0.717, 1.165) is 0 Å². The van der Waals surface area contributed by atoms with E-state index in [2.05, 4.69) is 10.6 Å². The van der Waals surface area contributed by atoms with Crippen LogP contribution in [0.15, 0.2) is 42.5 Å². The van der Waals surface area contributed by atoms with Gasteiger partial charge in [-0.05, 0) is 49.4 Å². The van der Waals surface area contributed by atoms with Gasteiger partial charge in [-0.1, -0.05) is 12.1 Å². The van der Waals surface area contributed by atoms with Crippen LogP contribution in [-0.2, 0) is 9.59 Å². The normalized spacial score (nSPS) is 14.0. The number of aryl methyl sites for hydroxylation is 1. The van der Waals surface area contributed by atoms with Crippen molar-refractivity contribution in [3.05, 3.63) is 69.5 Å². The van der Waals surface area contributed by atoms with E-state index < -0.39 is 22.6 Å². The van der Waals surface area contributed by atoms with E-state index in [9.17, 15) is 28.9 Å². The minimum absolute atomic E-state index is 0.0393. The molecule has 9 nitrogen and oxygen atoms in total. The highest BCUT2D eigenvalue weighted by molar-refractivity contribution is 6.39. The van der Waals surface area contributed by atoms with Crippen molar-refractivity contribution >= 4 is 29.1 Å². The lowest BCUT2D eigenvalue weighted by molar-refractivity contribution is -0.384. The summed E-state index contributed by atoms with van der Waals surface area (Å²) >= 11 is 0. The number of hydrogen-bond donors (Lipinski definition) is 2. The van der Waals surface area contributed by atoms with Crippen LogP contribution in [0.1, 0.15) is 28.8 Å². The maximum atomic E-state index is 13.8. The van der Waals surface area contributed by atoms with E-state index in [1.165, 1.54) is 36.4 Å². The lowest BCUT2D eigenvalue weighted by Crippen LogP contribution is -2.43. The number of likely N-dealkylation sites (tertiary alicyclic amines) is 1. The molecule has 0 saturated carbocycles. The molecule has 1 saturated heterocycles. The summed E-state index contributed by atoms with van der Waals surface area (Å²) in [6.45, 7) is 2.73. The van der Waals surface area contributed by atoms with Crippen LogP contribution in [0.4, 0.5) is 15.8 Å². The number of anilines is 1. The molecule has 0 unspecified atom stereocenters. The van der Waals surface area contributed by atoms with E-state index in [0.29, 0.717) is 37.2 Å². The predicted octanol–water partition coefficient (Wildman–Crippen LogP) is 2.65. The molecule has 2 N–H and O–H groups in total. The summed E-state index contributed by atoms with van der Waals surface area (Å²) in [6, 6.07) is 9.78. The second-order valence-corrected chi connectivity index (χ2v) is 7.64. The highest BCUT2D eigenvalue weighted by Gasteiger charge is 2.26. The summed E-state index contributed by atoms with van der Waals surface area (Å²) < 4.78 is 13.8. The molecule has 2 aromatic carbocycles. The smallest absolute Gasteiger partial charge is 0.313 e. The number of non-ortho nitro benzene ring substituents is 1. The maximum absolute atomic E-state index is 13.8. The molecule has 1 aliphatic heterocycles. The monoisotopic (exact) mass is 442 g/mol. The third-order valence-corrected chi connectivity index (χ3v) is 5.43. The van der Waals surface area contributed by atoms with E-state index in [1.54, 1.807) is 17.9 Å². The second kappa shape index (κ2) is 9.99. The molecule has 3 amide bonds. The third-order valence-electron chi connectivity index (χ3n) is 5.43. The van der Waals surface area contributed by atoms with Crippen molar-refractivity contribution in [1.82, 2.24) is 10.2 Å². The van der Waals surface area contributed by atoms with E-state index in [1.807, 2.05) is 0 Å². The van der Waals surface area contributed by atoms with Crippen LogP contribution in [0.2, 0.25) is 0 Å². The molecule has 32 heavy (non-hydrogen) atoms. The summed E-state index contributed by atoms with van der Waals surface area (Å²) in [4.78, 5) is 48.6. The van der Waals surface area contributed by atoms with Gasteiger partial charge in [0.25, 0.3) is 11.6 Å². The highest BCUT2D eigenvalue weighted by atomic mass is 19.1. The number of carbonyl (C=O) groups is 3. The molecular weight excluding hydrogens is 419 g/mol. The molecule has 0 aliphatic carbocycles. The number of nitro benzene ring substituents is 1. The minimum atomic E-state index is -0.867. The van der Waals surface area contributed by atoms with Crippen molar-refractivity contribution in [3.63, 3.8) is 0 Å². The zero-order chi connectivity index (χ0) is 23.3. The first-order valence-electron chi connectivity index (χ1n) is 10.1. The SMILES string of the molecule is Cc1cc([N+](=O)[O-])ccc1NC(=O)C(=O)NCC1CCN(C(=O)c2ccccc2F)CC1. The Bertz CT molecular complexity index is 1050. The van der Waals surface area contributed by atoms with Crippen LogP contribution in [-0.4, -0.2) is 47.2 Å². The molecule has 1 fully saturated rings. The summed E-state index contributed by atoms with van der Waals surface area (Å²) in [5.41, 5.74) is 0.713. The lowest BCUT2D eigenvalue weighted by Gasteiger charge is -2.32. The van der Waals surface area contributed by atoms with Crippen molar-refractivity contribution in [2.75, 3.05) is 25.0 Å². The minimum Gasteiger partial charge on any atom is -0.348 e. The predicted molar refractivity (Wildman–Crippen MR) is 115 cm³/mol. The van der Waals surface area contributed by atoms with Crippen molar-refractivity contribution in [2.45, 2.75) is 19.8 Å². The van der Waals surface area contributed by atoms with Gasteiger partial charge < -0.3 is 15.5 Å². The Morgan fingerprint density at radius 2 is 1.81 bits per heavy atom. The van der Waals surface area contributed by atoms with E-state index in [-0.39, 0.29) is 29.6 Å². The largest absolute Gasteiger partial charge is 0.348 e. The van der Waals surface area contributed by atoms with Gasteiger partial charge in [0.15, 0.2) is 0 Å². The average molecular weight is 442 g/mol.